The second kappa shape index (κ2) is 7.13. The molecule has 21 heavy (non-hydrogen) atoms. The largest absolute Gasteiger partial charge is 0.462 e. The lowest BCUT2D eigenvalue weighted by Crippen LogP contribution is -2.21. The second-order valence-electron chi connectivity index (χ2n) is 4.82. The Bertz CT molecular complexity index is 596. The van der Waals surface area contributed by atoms with Crippen LogP contribution in [0.15, 0.2) is 35.7 Å². The number of nitrogens with two attached hydrogens (primary N) is 1. The number of hydrogen-bond donors (Lipinski definition) is 2. The predicted octanol–water partition coefficient (Wildman–Crippen LogP) is 3.55. The van der Waals surface area contributed by atoms with Gasteiger partial charge >= 0.3 is 5.97 Å². The molecule has 0 aliphatic rings. The molecule has 1 aromatic carbocycles. The molecule has 0 saturated carbocycles. The summed E-state index contributed by atoms with van der Waals surface area (Å²) in [5.41, 5.74) is 7.70. The van der Waals surface area contributed by atoms with Crippen molar-refractivity contribution in [3.8, 4) is 0 Å². The summed E-state index contributed by atoms with van der Waals surface area (Å²) in [6, 6.07) is 9.58. The van der Waals surface area contributed by atoms with Crippen molar-refractivity contribution >= 4 is 28.7 Å². The molecule has 0 fully saturated rings. The average Bonchev–Trinajstić information content (AvgIpc) is 2.94. The molecule has 1 atom stereocenters. The van der Waals surface area contributed by atoms with Gasteiger partial charge in [-0.2, -0.15) is 0 Å². The summed E-state index contributed by atoms with van der Waals surface area (Å²) < 4.78 is 5.08. The van der Waals surface area contributed by atoms with Crippen molar-refractivity contribution in [3.63, 3.8) is 0 Å². The molecular weight excluding hydrogens is 284 g/mol. The number of thiophene rings is 1. The van der Waals surface area contributed by atoms with Crippen LogP contribution >= 0.6 is 11.3 Å². The Balaban J connectivity index is 2.16. The normalized spacial score (nSPS) is 11.9. The Morgan fingerprint density at radius 1 is 1.38 bits per heavy atom. The SMILES string of the molecule is CCOC(=O)c1cccc(N)c1NC(C)Cc1cccs1. The number of ether oxygens (including phenoxy) is 1. The van der Waals surface area contributed by atoms with E-state index < -0.39 is 0 Å². The van der Waals surface area contributed by atoms with E-state index in [0.717, 1.165) is 6.42 Å². The van der Waals surface area contributed by atoms with Gasteiger partial charge in [0.2, 0.25) is 0 Å². The maximum atomic E-state index is 12.0. The highest BCUT2D eigenvalue weighted by Gasteiger charge is 2.16. The van der Waals surface area contributed by atoms with Gasteiger partial charge in [0.15, 0.2) is 0 Å². The van der Waals surface area contributed by atoms with E-state index in [9.17, 15) is 4.79 Å². The molecule has 1 aromatic heterocycles. The zero-order valence-corrected chi connectivity index (χ0v) is 13.1. The molecule has 0 bridgehead atoms. The van der Waals surface area contributed by atoms with E-state index >= 15 is 0 Å². The fourth-order valence-electron chi connectivity index (χ4n) is 2.14. The number of anilines is 2. The topological polar surface area (TPSA) is 64.3 Å². The molecule has 0 saturated heterocycles. The molecule has 4 nitrogen and oxygen atoms in total. The summed E-state index contributed by atoms with van der Waals surface area (Å²) in [6.07, 6.45) is 0.883. The average molecular weight is 304 g/mol. The van der Waals surface area contributed by atoms with Gasteiger partial charge in [-0.25, -0.2) is 4.79 Å². The standard InChI is InChI=1S/C16H20N2O2S/c1-3-20-16(19)13-7-4-8-14(17)15(13)18-11(2)10-12-6-5-9-21-12/h4-9,11,18H,3,10,17H2,1-2H3. The van der Waals surface area contributed by atoms with Gasteiger partial charge in [0.05, 0.1) is 23.5 Å². The van der Waals surface area contributed by atoms with Gasteiger partial charge in [-0.15, -0.1) is 11.3 Å². The first kappa shape index (κ1) is 15.4. The van der Waals surface area contributed by atoms with Crippen molar-refractivity contribution in [3.05, 3.63) is 46.2 Å². The van der Waals surface area contributed by atoms with Crippen molar-refractivity contribution in [2.75, 3.05) is 17.7 Å². The Labute approximate surface area is 128 Å². The molecule has 5 heteroatoms. The van der Waals surface area contributed by atoms with Gasteiger partial charge in [0, 0.05) is 17.3 Å². The Morgan fingerprint density at radius 2 is 2.19 bits per heavy atom. The number of hydrogen-bond acceptors (Lipinski definition) is 5. The molecule has 112 valence electrons. The van der Waals surface area contributed by atoms with Gasteiger partial charge < -0.3 is 15.8 Å². The molecule has 2 aromatic rings. The first-order chi connectivity index (χ1) is 10.1. The van der Waals surface area contributed by atoms with Crippen LogP contribution in [0.1, 0.15) is 29.1 Å². The van der Waals surface area contributed by atoms with Crippen molar-refractivity contribution in [1.82, 2.24) is 0 Å². The van der Waals surface area contributed by atoms with Gasteiger partial charge in [-0.3, -0.25) is 0 Å². The van der Waals surface area contributed by atoms with Gasteiger partial charge in [-0.05, 0) is 37.4 Å². The highest BCUT2D eigenvalue weighted by atomic mass is 32.1. The first-order valence-corrected chi connectivity index (χ1v) is 7.84. The van der Waals surface area contributed by atoms with E-state index in [0.29, 0.717) is 23.5 Å². The number of benzene rings is 1. The van der Waals surface area contributed by atoms with E-state index in [1.54, 1.807) is 36.5 Å². The van der Waals surface area contributed by atoms with E-state index in [1.165, 1.54) is 4.88 Å². The number of nitrogen functional groups attached to an aromatic ring is 1. The van der Waals surface area contributed by atoms with Gasteiger partial charge in [0.25, 0.3) is 0 Å². The molecule has 3 N–H and O–H groups in total. The third kappa shape index (κ3) is 3.98. The van der Waals surface area contributed by atoms with E-state index in [2.05, 4.69) is 23.7 Å². The van der Waals surface area contributed by atoms with E-state index in [-0.39, 0.29) is 12.0 Å². The highest BCUT2D eigenvalue weighted by Crippen LogP contribution is 2.26. The summed E-state index contributed by atoms with van der Waals surface area (Å²) in [6.45, 7) is 4.20. The number of esters is 1. The predicted molar refractivity (Wildman–Crippen MR) is 87.9 cm³/mol. The van der Waals surface area contributed by atoms with Crippen LogP contribution in [0.25, 0.3) is 0 Å². The minimum absolute atomic E-state index is 0.168. The van der Waals surface area contributed by atoms with Crippen LogP contribution in [0, 0.1) is 0 Å². The number of carbonyl (C=O) groups is 1. The summed E-state index contributed by atoms with van der Waals surface area (Å²) >= 11 is 1.72. The smallest absolute Gasteiger partial charge is 0.340 e. The lowest BCUT2D eigenvalue weighted by molar-refractivity contribution is 0.0527. The summed E-state index contributed by atoms with van der Waals surface area (Å²) in [5.74, 6) is -0.351. The Morgan fingerprint density at radius 3 is 2.86 bits per heavy atom. The van der Waals surface area contributed by atoms with Crippen LogP contribution in [-0.4, -0.2) is 18.6 Å². The van der Waals surface area contributed by atoms with E-state index in [4.69, 9.17) is 10.5 Å². The fourth-order valence-corrected chi connectivity index (χ4v) is 2.97. The lowest BCUT2D eigenvalue weighted by Gasteiger charge is -2.18. The quantitative estimate of drug-likeness (QED) is 0.633. The zero-order chi connectivity index (χ0) is 15.2. The van der Waals surface area contributed by atoms with Crippen LogP contribution in [0.5, 0.6) is 0 Å². The number of carbonyl (C=O) groups excluding carboxylic acids is 1. The number of rotatable bonds is 6. The summed E-state index contributed by atoms with van der Waals surface area (Å²) in [7, 11) is 0. The third-order valence-corrected chi connectivity index (χ3v) is 3.97. The first-order valence-electron chi connectivity index (χ1n) is 6.96. The van der Waals surface area contributed by atoms with Crippen molar-refractivity contribution in [1.29, 1.82) is 0 Å². The maximum Gasteiger partial charge on any atom is 0.340 e. The molecule has 0 aliphatic heterocycles. The maximum absolute atomic E-state index is 12.0. The van der Waals surface area contributed by atoms with Crippen molar-refractivity contribution in [2.24, 2.45) is 0 Å². The molecule has 0 aliphatic carbocycles. The minimum atomic E-state index is -0.351. The lowest BCUT2D eigenvalue weighted by atomic mass is 10.1. The van der Waals surface area contributed by atoms with Crippen LogP contribution in [0.2, 0.25) is 0 Å². The van der Waals surface area contributed by atoms with Crippen LogP contribution in [0.4, 0.5) is 11.4 Å². The summed E-state index contributed by atoms with van der Waals surface area (Å²) in [4.78, 5) is 13.3. The second-order valence-corrected chi connectivity index (χ2v) is 5.85. The molecule has 0 radical (unpaired) electrons. The number of nitrogens with one attached hydrogen (secondary N) is 1. The molecular formula is C16H20N2O2S. The Hall–Kier alpha value is -2.01. The summed E-state index contributed by atoms with van der Waals surface area (Å²) in [5, 5.41) is 5.40. The minimum Gasteiger partial charge on any atom is -0.462 e. The zero-order valence-electron chi connectivity index (χ0n) is 12.3. The van der Waals surface area contributed by atoms with E-state index in [1.807, 2.05) is 6.07 Å². The van der Waals surface area contributed by atoms with Crippen molar-refractivity contribution < 1.29 is 9.53 Å². The molecule has 0 spiro atoms. The molecule has 1 heterocycles. The van der Waals surface area contributed by atoms with Crippen molar-refractivity contribution in [2.45, 2.75) is 26.3 Å². The fraction of sp³-hybridized carbons (Fsp3) is 0.312. The third-order valence-electron chi connectivity index (χ3n) is 3.07. The van der Waals surface area contributed by atoms with Crippen LogP contribution in [-0.2, 0) is 11.2 Å². The molecule has 1 unspecified atom stereocenters. The van der Waals surface area contributed by atoms with Crippen LogP contribution in [0.3, 0.4) is 0 Å². The monoisotopic (exact) mass is 304 g/mol. The molecule has 0 amide bonds. The highest BCUT2D eigenvalue weighted by molar-refractivity contribution is 7.09. The molecule has 2 rings (SSSR count). The van der Waals surface area contributed by atoms with Crippen LogP contribution < -0.4 is 11.1 Å². The van der Waals surface area contributed by atoms with Gasteiger partial charge in [-0.1, -0.05) is 12.1 Å². The Kier molecular flexibility index (Phi) is 5.22. The van der Waals surface area contributed by atoms with Gasteiger partial charge in [0.1, 0.15) is 0 Å². The number of para-hydroxylation sites is 1.